The van der Waals surface area contributed by atoms with Crippen molar-refractivity contribution in [2.24, 2.45) is 0 Å². The van der Waals surface area contributed by atoms with E-state index in [2.05, 4.69) is 9.97 Å². The van der Waals surface area contributed by atoms with Gasteiger partial charge in [0.1, 0.15) is 0 Å². The second-order valence-electron chi connectivity index (χ2n) is 5.09. The van der Waals surface area contributed by atoms with Crippen LogP contribution in [0.5, 0.6) is 0 Å². The molecular formula is C12H17BN2O2. The molecule has 0 aromatic carbocycles. The summed E-state index contributed by atoms with van der Waals surface area (Å²) in [5.41, 5.74) is -0.612. The highest BCUT2D eigenvalue weighted by molar-refractivity contribution is 6.52. The predicted octanol–water partition coefficient (Wildman–Crippen LogP) is 2.12. The van der Waals surface area contributed by atoms with Gasteiger partial charge in [-0.25, -0.2) is 9.97 Å². The van der Waals surface area contributed by atoms with Crippen molar-refractivity contribution in [2.45, 2.75) is 38.9 Å². The normalized spacial score (nSPS) is 22.2. The van der Waals surface area contributed by atoms with E-state index in [9.17, 15) is 0 Å². The number of nitrogens with zero attached hydrogens (tertiary/aromatic N) is 2. The van der Waals surface area contributed by atoms with E-state index < -0.39 is 0 Å². The fraction of sp³-hybridized carbons (Fsp3) is 0.500. The average Bonchev–Trinajstić information content (AvgIpc) is 2.46. The standard InChI is InChI=1S/C12H17BN2O2/c1-11(2)12(3,4)17-13(16-11)7-6-10-14-8-5-9-15-10/h5-9H,1-4H3/b7-6+. The SMILES string of the molecule is CC1(C)OB(/C=C/c2ncccn2)OC1(C)C. The van der Waals surface area contributed by atoms with Crippen LogP contribution in [0, 0.1) is 0 Å². The summed E-state index contributed by atoms with van der Waals surface area (Å²) in [7, 11) is -0.344. The number of rotatable bonds is 2. The van der Waals surface area contributed by atoms with Gasteiger partial charge >= 0.3 is 7.12 Å². The Morgan fingerprint density at radius 2 is 1.59 bits per heavy atom. The monoisotopic (exact) mass is 232 g/mol. The average molecular weight is 232 g/mol. The number of hydrogen-bond donors (Lipinski definition) is 0. The first kappa shape index (κ1) is 12.3. The van der Waals surface area contributed by atoms with Crippen LogP contribution in [0.1, 0.15) is 33.5 Å². The van der Waals surface area contributed by atoms with E-state index in [1.807, 2.05) is 39.7 Å². The minimum absolute atomic E-state index is 0.306. The zero-order chi connectivity index (χ0) is 12.5. The summed E-state index contributed by atoms with van der Waals surface area (Å²) in [5, 5.41) is 0. The third-order valence-electron chi connectivity index (χ3n) is 3.26. The van der Waals surface area contributed by atoms with Crippen LogP contribution in [0.3, 0.4) is 0 Å². The Morgan fingerprint density at radius 1 is 1.06 bits per heavy atom. The summed E-state index contributed by atoms with van der Waals surface area (Å²) in [6.07, 6.45) is 5.22. The molecule has 0 N–H and O–H groups in total. The summed E-state index contributed by atoms with van der Waals surface area (Å²) in [4.78, 5) is 8.21. The quantitative estimate of drug-likeness (QED) is 0.732. The topological polar surface area (TPSA) is 44.2 Å². The van der Waals surface area contributed by atoms with E-state index in [-0.39, 0.29) is 18.3 Å². The van der Waals surface area contributed by atoms with Gasteiger partial charge in [-0.05, 0) is 39.8 Å². The third kappa shape index (κ3) is 2.56. The van der Waals surface area contributed by atoms with Crippen molar-refractivity contribution in [3.05, 3.63) is 30.3 Å². The highest BCUT2D eigenvalue weighted by atomic mass is 16.7. The van der Waals surface area contributed by atoms with Crippen LogP contribution in [-0.2, 0) is 9.31 Å². The number of aromatic nitrogens is 2. The summed E-state index contributed by atoms with van der Waals surface area (Å²) >= 11 is 0. The van der Waals surface area contributed by atoms with Gasteiger partial charge in [-0.15, -0.1) is 0 Å². The van der Waals surface area contributed by atoms with Crippen molar-refractivity contribution < 1.29 is 9.31 Å². The summed E-state index contributed by atoms with van der Waals surface area (Å²) < 4.78 is 11.6. The minimum Gasteiger partial charge on any atom is -0.400 e. The van der Waals surface area contributed by atoms with Gasteiger partial charge in [0, 0.05) is 12.4 Å². The lowest BCUT2D eigenvalue weighted by Gasteiger charge is -2.32. The zero-order valence-corrected chi connectivity index (χ0v) is 10.7. The van der Waals surface area contributed by atoms with Crippen LogP contribution in [0.25, 0.3) is 6.08 Å². The van der Waals surface area contributed by atoms with E-state index in [1.165, 1.54) is 0 Å². The lowest BCUT2D eigenvalue weighted by atomic mass is 9.90. The Labute approximate surface area is 102 Å². The van der Waals surface area contributed by atoms with Gasteiger partial charge in [0.15, 0.2) is 5.82 Å². The third-order valence-corrected chi connectivity index (χ3v) is 3.26. The molecule has 1 aliphatic heterocycles. The van der Waals surface area contributed by atoms with E-state index in [1.54, 1.807) is 18.5 Å². The Hall–Kier alpha value is -1.20. The molecule has 0 saturated carbocycles. The molecule has 1 saturated heterocycles. The molecule has 0 spiro atoms. The second kappa shape index (κ2) is 4.24. The van der Waals surface area contributed by atoms with Crippen molar-refractivity contribution >= 4 is 13.2 Å². The van der Waals surface area contributed by atoms with Gasteiger partial charge < -0.3 is 9.31 Å². The molecule has 5 heteroatoms. The van der Waals surface area contributed by atoms with Crippen molar-refractivity contribution in [1.82, 2.24) is 9.97 Å². The molecule has 0 amide bonds. The first-order valence-electron chi connectivity index (χ1n) is 5.72. The molecule has 2 rings (SSSR count). The Bertz CT molecular complexity index is 402. The molecule has 0 atom stereocenters. The highest BCUT2D eigenvalue weighted by Gasteiger charge is 2.49. The smallest absolute Gasteiger partial charge is 0.400 e. The van der Waals surface area contributed by atoms with E-state index in [0.29, 0.717) is 5.82 Å². The summed E-state index contributed by atoms with van der Waals surface area (Å²) in [6.45, 7) is 8.11. The van der Waals surface area contributed by atoms with Gasteiger partial charge in [0.25, 0.3) is 0 Å². The molecule has 17 heavy (non-hydrogen) atoms. The maximum absolute atomic E-state index is 5.82. The second-order valence-corrected chi connectivity index (χ2v) is 5.09. The molecular weight excluding hydrogens is 215 g/mol. The highest BCUT2D eigenvalue weighted by Crippen LogP contribution is 2.36. The van der Waals surface area contributed by atoms with Crippen molar-refractivity contribution in [3.8, 4) is 0 Å². The molecule has 2 heterocycles. The van der Waals surface area contributed by atoms with Crippen LogP contribution in [0.2, 0.25) is 0 Å². The first-order valence-corrected chi connectivity index (χ1v) is 5.72. The van der Waals surface area contributed by atoms with E-state index >= 15 is 0 Å². The molecule has 4 nitrogen and oxygen atoms in total. The summed E-state index contributed by atoms with van der Waals surface area (Å²) in [5.74, 6) is 2.49. The maximum atomic E-state index is 5.82. The fourth-order valence-electron chi connectivity index (χ4n) is 1.53. The minimum atomic E-state index is -0.344. The zero-order valence-electron chi connectivity index (χ0n) is 10.7. The lowest BCUT2D eigenvalue weighted by molar-refractivity contribution is 0.00578. The van der Waals surface area contributed by atoms with Gasteiger partial charge in [-0.1, -0.05) is 5.98 Å². The molecule has 1 aromatic heterocycles. The first-order chi connectivity index (χ1) is 7.91. The molecule has 1 aromatic rings. The van der Waals surface area contributed by atoms with Gasteiger partial charge in [0.2, 0.25) is 0 Å². The molecule has 1 fully saturated rings. The number of hydrogen-bond acceptors (Lipinski definition) is 4. The maximum Gasteiger partial charge on any atom is 0.487 e. The molecule has 0 bridgehead atoms. The van der Waals surface area contributed by atoms with Crippen molar-refractivity contribution in [2.75, 3.05) is 0 Å². The van der Waals surface area contributed by atoms with Crippen LogP contribution in [-0.4, -0.2) is 28.3 Å². The molecule has 90 valence electrons. The molecule has 0 radical (unpaired) electrons. The van der Waals surface area contributed by atoms with Crippen LogP contribution in [0.15, 0.2) is 24.4 Å². The fourth-order valence-corrected chi connectivity index (χ4v) is 1.53. The Balaban J connectivity index is 2.06. The van der Waals surface area contributed by atoms with Gasteiger partial charge in [-0.2, -0.15) is 0 Å². The largest absolute Gasteiger partial charge is 0.487 e. The van der Waals surface area contributed by atoms with Gasteiger partial charge in [-0.3, -0.25) is 0 Å². The van der Waals surface area contributed by atoms with E-state index in [4.69, 9.17) is 9.31 Å². The van der Waals surface area contributed by atoms with Crippen LogP contribution >= 0.6 is 0 Å². The Morgan fingerprint density at radius 3 is 2.12 bits per heavy atom. The summed E-state index contributed by atoms with van der Waals surface area (Å²) in [6, 6.07) is 1.78. The molecule has 0 aliphatic carbocycles. The van der Waals surface area contributed by atoms with E-state index in [0.717, 1.165) is 0 Å². The van der Waals surface area contributed by atoms with Crippen molar-refractivity contribution in [3.63, 3.8) is 0 Å². The van der Waals surface area contributed by atoms with Crippen LogP contribution < -0.4 is 0 Å². The van der Waals surface area contributed by atoms with Crippen LogP contribution in [0.4, 0.5) is 0 Å². The van der Waals surface area contributed by atoms with Crippen molar-refractivity contribution in [1.29, 1.82) is 0 Å². The van der Waals surface area contributed by atoms with Gasteiger partial charge in [0.05, 0.1) is 11.2 Å². The molecule has 0 unspecified atom stereocenters. The lowest BCUT2D eigenvalue weighted by Crippen LogP contribution is -2.41. The predicted molar refractivity (Wildman–Crippen MR) is 67.1 cm³/mol. The Kier molecular flexibility index (Phi) is 3.06. The molecule has 1 aliphatic rings.